The van der Waals surface area contributed by atoms with Gasteiger partial charge in [0.1, 0.15) is 29.5 Å². The summed E-state index contributed by atoms with van der Waals surface area (Å²) in [4.78, 5) is 40.1. The van der Waals surface area contributed by atoms with Crippen molar-refractivity contribution in [2.24, 2.45) is 0 Å². The highest BCUT2D eigenvalue weighted by Gasteiger charge is 2.43. The topological polar surface area (TPSA) is 101 Å². The number of hydrogen-bond donors (Lipinski definition) is 0. The Balaban J connectivity index is 3.32. The van der Waals surface area contributed by atoms with Crippen LogP contribution in [0.4, 0.5) is 22.8 Å². The summed E-state index contributed by atoms with van der Waals surface area (Å²) in [6.07, 6.45) is -7.87. The smallest absolute Gasteiger partial charge is 0.420 e. The first-order valence-corrected chi connectivity index (χ1v) is 12.8. The zero-order valence-electron chi connectivity index (χ0n) is 24.1. The third-order valence-corrected chi connectivity index (χ3v) is 5.10. The standard InChI is InChI=1S/C27H42F3NO8/c1-17(2)16-36-20-13-10-12-19(22(32)37-18(3)21(20)35-15-11-14-27(28,29)30)31(23(33)38-25(4,5)6)24(34)39-26(7,8)9/h11,14,18-21H,1,10,12-13,15-16H2,2-9H3/t18-,19-,20-,21-/m0/s1. The molecule has 0 radical (unpaired) electrons. The number of nitrogens with zero attached hydrogens (tertiary/aromatic N) is 1. The summed E-state index contributed by atoms with van der Waals surface area (Å²) in [5.41, 5.74) is -1.25. The summed E-state index contributed by atoms with van der Waals surface area (Å²) in [7, 11) is 0. The Hall–Kier alpha value is -2.60. The van der Waals surface area contributed by atoms with Gasteiger partial charge in [-0.1, -0.05) is 18.2 Å². The first kappa shape index (κ1) is 34.4. The zero-order chi connectivity index (χ0) is 30.2. The fourth-order valence-electron chi connectivity index (χ4n) is 3.63. The van der Waals surface area contributed by atoms with Gasteiger partial charge >= 0.3 is 24.3 Å². The van der Waals surface area contributed by atoms with Crippen LogP contribution in [0.5, 0.6) is 0 Å². The van der Waals surface area contributed by atoms with Gasteiger partial charge in [0.25, 0.3) is 0 Å². The highest BCUT2D eigenvalue weighted by atomic mass is 19.4. The summed E-state index contributed by atoms with van der Waals surface area (Å²) in [5, 5.41) is 0. The Labute approximate surface area is 228 Å². The minimum Gasteiger partial charge on any atom is -0.458 e. The van der Waals surface area contributed by atoms with Crippen LogP contribution < -0.4 is 0 Å². The molecule has 224 valence electrons. The fourth-order valence-corrected chi connectivity index (χ4v) is 3.63. The second kappa shape index (κ2) is 14.2. The Morgan fingerprint density at radius 3 is 2.03 bits per heavy atom. The fraction of sp³-hybridized carbons (Fsp3) is 0.741. The van der Waals surface area contributed by atoms with Crippen LogP contribution in [-0.4, -0.2) is 78.0 Å². The molecule has 0 spiro atoms. The summed E-state index contributed by atoms with van der Waals surface area (Å²) in [6.45, 7) is 16.4. The van der Waals surface area contributed by atoms with E-state index in [1.807, 2.05) is 0 Å². The number of carbonyl (C=O) groups is 3. The van der Waals surface area contributed by atoms with Crippen molar-refractivity contribution < 1.29 is 51.2 Å². The number of amides is 2. The highest BCUT2D eigenvalue weighted by molar-refractivity contribution is 5.94. The molecule has 1 saturated heterocycles. The van der Waals surface area contributed by atoms with Gasteiger partial charge in [-0.25, -0.2) is 14.4 Å². The first-order valence-electron chi connectivity index (χ1n) is 12.8. The molecule has 9 nitrogen and oxygen atoms in total. The molecule has 0 aromatic rings. The second-order valence-electron chi connectivity index (χ2n) is 11.5. The maximum absolute atomic E-state index is 13.3. The maximum Gasteiger partial charge on any atom is 0.420 e. The van der Waals surface area contributed by atoms with Crippen LogP contribution in [0, 0.1) is 0 Å². The number of esters is 1. The molecule has 1 fully saturated rings. The minimum atomic E-state index is -4.50. The van der Waals surface area contributed by atoms with Gasteiger partial charge in [-0.3, -0.25) is 0 Å². The number of halogens is 3. The van der Waals surface area contributed by atoms with Gasteiger partial charge < -0.3 is 23.7 Å². The third-order valence-electron chi connectivity index (χ3n) is 5.10. The molecule has 0 saturated carbocycles. The van der Waals surface area contributed by atoms with Crippen LogP contribution in [0.25, 0.3) is 0 Å². The SMILES string of the molecule is C=C(C)CO[C@H]1CCC[C@H](N(C(=O)OC(C)(C)C)C(=O)OC(C)(C)C)C(=O)O[C@@H](C)[C@@H]1OCC=CC(F)(F)F. The number of rotatable bonds is 7. The van der Waals surface area contributed by atoms with Crippen molar-refractivity contribution in [1.82, 2.24) is 4.90 Å². The van der Waals surface area contributed by atoms with Crippen LogP contribution in [0.1, 0.15) is 74.7 Å². The van der Waals surface area contributed by atoms with Gasteiger partial charge in [-0.15, -0.1) is 0 Å². The molecule has 0 aromatic heterocycles. The molecule has 1 rings (SSSR count). The van der Waals surface area contributed by atoms with Gasteiger partial charge in [-0.05, 0) is 74.7 Å². The van der Waals surface area contributed by atoms with E-state index in [4.69, 9.17) is 23.7 Å². The number of alkyl halides is 3. The molecule has 0 aliphatic carbocycles. The number of allylic oxidation sites excluding steroid dienone is 1. The van der Waals surface area contributed by atoms with E-state index in [1.54, 1.807) is 48.5 Å². The van der Waals surface area contributed by atoms with Crippen molar-refractivity contribution in [3.8, 4) is 0 Å². The lowest BCUT2D eigenvalue weighted by molar-refractivity contribution is -0.168. The number of imide groups is 1. The van der Waals surface area contributed by atoms with E-state index in [1.165, 1.54) is 6.92 Å². The van der Waals surface area contributed by atoms with E-state index < -0.39 is 66.5 Å². The maximum atomic E-state index is 13.3. The molecule has 12 heteroatoms. The lowest BCUT2D eigenvalue weighted by Crippen LogP contribution is -2.53. The molecule has 0 N–H and O–H groups in total. The summed E-state index contributed by atoms with van der Waals surface area (Å²) in [6, 6.07) is -1.39. The Kier molecular flexibility index (Phi) is 12.5. The zero-order valence-corrected chi connectivity index (χ0v) is 24.1. The molecular weight excluding hydrogens is 523 g/mol. The largest absolute Gasteiger partial charge is 0.458 e. The predicted octanol–water partition coefficient (Wildman–Crippen LogP) is 6.11. The van der Waals surface area contributed by atoms with Crippen LogP contribution in [-0.2, 0) is 28.5 Å². The molecule has 0 unspecified atom stereocenters. The van der Waals surface area contributed by atoms with Crippen molar-refractivity contribution in [2.45, 2.75) is 116 Å². The first-order chi connectivity index (χ1) is 17.7. The number of carbonyl (C=O) groups excluding carboxylic acids is 3. The van der Waals surface area contributed by atoms with Crippen LogP contribution >= 0.6 is 0 Å². The van der Waals surface area contributed by atoms with Gasteiger partial charge in [0.05, 0.1) is 19.3 Å². The summed E-state index contributed by atoms with van der Waals surface area (Å²) in [5.74, 6) is -0.917. The molecule has 2 amide bonds. The molecule has 1 aliphatic rings. The van der Waals surface area contributed by atoms with E-state index in [9.17, 15) is 27.6 Å². The van der Waals surface area contributed by atoms with Crippen LogP contribution in [0.15, 0.2) is 24.3 Å². The lowest BCUT2D eigenvalue weighted by atomic mass is 10.0. The quantitative estimate of drug-likeness (QED) is 0.207. The Morgan fingerprint density at radius 2 is 1.56 bits per heavy atom. The van der Waals surface area contributed by atoms with E-state index in [0.29, 0.717) is 10.5 Å². The normalized spacial score (nSPS) is 23.3. The lowest BCUT2D eigenvalue weighted by Gasteiger charge is -2.33. The van der Waals surface area contributed by atoms with Gasteiger partial charge in [0.15, 0.2) is 0 Å². The minimum absolute atomic E-state index is 0.00231. The number of cyclic esters (lactones) is 1. The Bertz CT molecular complexity index is 861. The van der Waals surface area contributed by atoms with Crippen molar-refractivity contribution >= 4 is 18.2 Å². The molecule has 1 heterocycles. The molecular formula is C27H42F3NO8. The van der Waals surface area contributed by atoms with Crippen molar-refractivity contribution in [2.75, 3.05) is 13.2 Å². The average Bonchev–Trinajstić information content (AvgIpc) is 2.76. The molecule has 0 bridgehead atoms. The average molecular weight is 566 g/mol. The molecule has 39 heavy (non-hydrogen) atoms. The predicted molar refractivity (Wildman–Crippen MR) is 137 cm³/mol. The molecule has 1 aliphatic heterocycles. The molecule has 0 aromatic carbocycles. The van der Waals surface area contributed by atoms with Crippen molar-refractivity contribution in [1.29, 1.82) is 0 Å². The molecule has 4 atom stereocenters. The summed E-state index contributed by atoms with van der Waals surface area (Å²) >= 11 is 0. The van der Waals surface area contributed by atoms with Gasteiger partial charge in [0, 0.05) is 6.08 Å². The van der Waals surface area contributed by atoms with E-state index in [0.717, 1.165) is 6.08 Å². The van der Waals surface area contributed by atoms with Crippen LogP contribution in [0.2, 0.25) is 0 Å². The Morgan fingerprint density at radius 1 is 1.03 bits per heavy atom. The third kappa shape index (κ3) is 13.3. The monoisotopic (exact) mass is 565 g/mol. The number of ether oxygens (including phenoxy) is 5. The van der Waals surface area contributed by atoms with E-state index >= 15 is 0 Å². The highest BCUT2D eigenvalue weighted by Crippen LogP contribution is 2.26. The van der Waals surface area contributed by atoms with Gasteiger partial charge in [-0.2, -0.15) is 18.1 Å². The second-order valence-corrected chi connectivity index (χ2v) is 11.5. The van der Waals surface area contributed by atoms with Gasteiger partial charge in [0.2, 0.25) is 0 Å². The van der Waals surface area contributed by atoms with Crippen LogP contribution in [0.3, 0.4) is 0 Å². The van der Waals surface area contributed by atoms with Crippen molar-refractivity contribution in [3.63, 3.8) is 0 Å². The van der Waals surface area contributed by atoms with E-state index in [-0.39, 0.29) is 31.9 Å². The number of hydrogen-bond acceptors (Lipinski definition) is 8. The summed E-state index contributed by atoms with van der Waals surface area (Å²) < 4.78 is 65.6. The van der Waals surface area contributed by atoms with Crippen molar-refractivity contribution in [3.05, 3.63) is 24.3 Å². The van der Waals surface area contributed by atoms with E-state index in [2.05, 4.69) is 6.58 Å².